The van der Waals surface area contributed by atoms with Gasteiger partial charge in [0.15, 0.2) is 0 Å². The van der Waals surface area contributed by atoms with E-state index in [1.165, 1.54) is 23.8 Å². The van der Waals surface area contributed by atoms with Gasteiger partial charge in [-0.3, -0.25) is 4.79 Å². The van der Waals surface area contributed by atoms with Crippen molar-refractivity contribution in [1.29, 1.82) is 0 Å². The molecule has 180 valence electrons. The van der Waals surface area contributed by atoms with Gasteiger partial charge < -0.3 is 15.2 Å². The molecule has 0 aliphatic heterocycles. The van der Waals surface area contributed by atoms with Crippen molar-refractivity contribution in [2.24, 2.45) is 0 Å². The molecule has 0 bridgehead atoms. The number of fused-ring (bicyclic) bond motifs is 1. The zero-order valence-corrected chi connectivity index (χ0v) is 19.7. The molecule has 5 aromatic rings. The van der Waals surface area contributed by atoms with Crippen LogP contribution in [0.15, 0.2) is 88.7 Å². The van der Waals surface area contributed by atoms with Crippen molar-refractivity contribution in [1.82, 2.24) is 14.5 Å². The molecule has 0 spiro atoms. The zero-order chi connectivity index (χ0) is 25.2. The van der Waals surface area contributed by atoms with E-state index in [4.69, 9.17) is 10.5 Å². The molecule has 0 aliphatic rings. The Kier molecular flexibility index (Phi) is 6.26. The number of nitrogens with one attached hydrogen (secondary N) is 1. The van der Waals surface area contributed by atoms with Crippen LogP contribution in [0.25, 0.3) is 27.7 Å². The summed E-state index contributed by atoms with van der Waals surface area (Å²) < 4.78 is 36.8. The number of halogens is 2. The SMILES string of the molecule is COc1ncc(-c2ccc3nc(N)n(-c4ccccc4)c(=O)c3c2)cc1NSc1cc(F)cc(F)c1. The number of methoxy groups -OCH3 is 1. The number of aromatic nitrogens is 3. The predicted molar refractivity (Wildman–Crippen MR) is 137 cm³/mol. The summed E-state index contributed by atoms with van der Waals surface area (Å²) >= 11 is 1.01. The molecule has 0 aliphatic carbocycles. The van der Waals surface area contributed by atoms with E-state index in [-0.39, 0.29) is 11.5 Å². The summed E-state index contributed by atoms with van der Waals surface area (Å²) in [4.78, 5) is 22.4. The Morgan fingerprint density at radius 2 is 1.72 bits per heavy atom. The van der Waals surface area contributed by atoms with E-state index < -0.39 is 11.6 Å². The number of hydrogen-bond acceptors (Lipinski definition) is 7. The summed E-state index contributed by atoms with van der Waals surface area (Å²) in [6.07, 6.45) is 1.61. The maximum absolute atomic E-state index is 13.5. The van der Waals surface area contributed by atoms with Gasteiger partial charge in [0.2, 0.25) is 11.8 Å². The number of anilines is 2. The second kappa shape index (κ2) is 9.67. The minimum absolute atomic E-state index is 0.0925. The topological polar surface area (TPSA) is 95.1 Å². The number of nitrogens with two attached hydrogens (primary N) is 1. The average molecular weight is 504 g/mol. The van der Waals surface area contributed by atoms with E-state index in [0.717, 1.165) is 18.0 Å². The second-order valence-corrected chi connectivity index (χ2v) is 8.65. The van der Waals surface area contributed by atoms with Gasteiger partial charge in [0, 0.05) is 22.7 Å². The predicted octanol–water partition coefficient (Wildman–Crippen LogP) is 5.44. The van der Waals surface area contributed by atoms with Gasteiger partial charge in [0.25, 0.3) is 5.56 Å². The summed E-state index contributed by atoms with van der Waals surface area (Å²) in [7, 11) is 1.47. The molecular formula is C26H19F2N5O2S. The largest absolute Gasteiger partial charge is 0.480 e. The number of hydrogen-bond donors (Lipinski definition) is 2. The fraction of sp³-hybridized carbons (Fsp3) is 0.0385. The lowest BCUT2D eigenvalue weighted by atomic mass is 10.0. The molecule has 0 radical (unpaired) electrons. The van der Waals surface area contributed by atoms with Gasteiger partial charge in [0.05, 0.1) is 23.7 Å². The Labute approximate surface area is 208 Å². The van der Waals surface area contributed by atoms with E-state index in [0.29, 0.717) is 44.2 Å². The summed E-state index contributed by atoms with van der Waals surface area (Å²) in [5, 5.41) is 0.389. The second-order valence-electron chi connectivity index (χ2n) is 7.77. The van der Waals surface area contributed by atoms with Gasteiger partial charge >= 0.3 is 0 Å². The van der Waals surface area contributed by atoms with E-state index >= 15 is 0 Å². The molecule has 2 aromatic heterocycles. The van der Waals surface area contributed by atoms with Crippen LogP contribution in [0.3, 0.4) is 0 Å². The highest BCUT2D eigenvalue weighted by Crippen LogP contribution is 2.33. The Morgan fingerprint density at radius 3 is 2.44 bits per heavy atom. The van der Waals surface area contributed by atoms with Gasteiger partial charge in [0.1, 0.15) is 17.3 Å². The molecule has 0 unspecified atom stereocenters. The molecule has 3 aromatic carbocycles. The molecule has 0 amide bonds. The fourth-order valence-electron chi connectivity index (χ4n) is 3.76. The van der Waals surface area contributed by atoms with Crippen LogP contribution in [-0.4, -0.2) is 21.6 Å². The summed E-state index contributed by atoms with van der Waals surface area (Å²) in [6.45, 7) is 0. The van der Waals surface area contributed by atoms with Crippen molar-refractivity contribution in [3.05, 3.63) is 101 Å². The molecule has 0 atom stereocenters. The summed E-state index contributed by atoms with van der Waals surface area (Å²) in [5.41, 5.74) is 8.77. The number of rotatable bonds is 6. The number of ether oxygens (including phenoxy) is 1. The van der Waals surface area contributed by atoms with Crippen LogP contribution in [-0.2, 0) is 0 Å². The zero-order valence-electron chi connectivity index (χ0n) is 18.9. The molecule has 7 nitrogen and oxygen atoms in total. The minimum atomic E-state index is -0.676. The highest BCUT2D eigenvalue weighted by Gasteiger charge is 2.14. The lowest BCUT2D eigenvalue weighted by Gasteiger charge is -2.13. The van der Waals surface area contributed by atoms with Crippen molar-refractivity contribution in [3.8, 4) is 22.7 Å². The molecular weight excluding hydrogens is 484 g/mol. The molecule has 2 heterocycles. The van der Waals surface area contributed by atoms with Crippen molar-refractivity contribution in [2.45, 2.75) is 4.90 Å². The van der Waals surface area contributed by atoms with Crippen LogP contribution in [0, 0.1) is 11.6 Å². The molecule has 10 heteroatoms. The number of para-hydroxylation sites is 1. The normalized spacial score (nSPS) is 11.0. The van der Waals surface area contributed by atoms with E-state index in [1.54, 1.807) is 36.5 Å². The van der Waals surface area contributed by atoms with Crippen molar-refractivity contribution in [2.75, 3.05) is 17.6 Å². The lowest BCUT2D eigenvalue weighted by molar-refractivity contribution is 0.400. The van der Waals surface area contributed by atoms with Gasteiger partial charge in [-0.05, 0) is 60.0 Å². The van der Waals surface area contributed by atoms with E-state index in [9.17, 15) is 13.6 Å². The maximum Gasteiger partial charge on any atom is 0.267 e. The van der Waals surface area contributed by atoms with Crippen LogP contribution in [0.1, 0.15) is 0 Å². The van der Waals surface area contributed by atoms with Crippen LogP contribution >= 0.6 is 11.9 Å². The third-order valence-corrected chi connectivity index (χ3v) is 6.19. The Hall–Kier alpha value is -4.44. The first-order chi connectivity index (χ1) is 17.4. The lowest BCUT2D eigenvalue weighted by Crippen LogP contribution is -2.23. The molecule has 5 rings (SSSR count). The first-order valence-electron chi connectivity index (χ1n) is 10.7. The van der Waals surface area contributed by atoms with Gasteiger partial charge in [-0.15, -0.1) is 0 Å². The van der Waals surface area contributed by atoms with Crippen LogP contribution < -0.4 is 20.8 Å². The highest BCUT2D eigenvalue weighted by atomic mass is 32.2. The first kappa shape index (κ1) is 23.3. The van der Waals surface area contributed by atoms with E-state index in [2.05, 4.69) is 14.7 Å². The van der Waals surface area contributed by atoms with Crippen LogP contribution in [0.2, 0.25) is 0 Å². The Bertz CT molecular complexity index is 1620. The first-order valence-corrected chi connectivity index (χ1v) is 11.6. The van der Waals surface area contributed by atoms with Gasteiger partial charge in [-0.25, -0.2) is 23.3 Å². The number of nitrogen functional groups attached to an aromatic ring is 1. The van der Waals surface area contributed by atoms with Crippen molar-refractivity contribution < 1.29 is 13.5 Å². The quantitative estimate of drug-likeness (QED) is 0.298. The summed E-state index contributed by atoms with van der Waals surface area (Å²) in [6, 6.07) is 19.3. The highest BCUT2D eigenvalue weighted by molar-refractivity contribution is 8.00. The monoisotopic (exact) mass is 503 g/mol. The van der Waals surface area contributed by atoms with Crippen molar-refractivity contribution >= 4 is 34.5 Å². The van der Waals surface area contributed by atoms with Gasteiger partial charge in [-0.1, -0.05) is 24.3 Å². The smallest absolute Gasteiger partial charge is 0.267 e. The third kappa shape index (κ3) is 4.58. The minimum Gasteiger partial charge on any atom is -0.480 e. The Morgan fingerprint density at radius 1 is 0.972 bits per heavy atom. The fourth-order valence-corrected chi connectivity index (χ4v) is 4.47. The van der Waals surface area contributed by atoms with Gasteiger partial charge in [-0.2, -0.15) is 0 Å². The van der Waals surface area contributed by atoms with Crippen LogP contribution in [0.4, 0.5) is 20.4 Å². The average Bonchev–Trinajstić information content (AvgIpc) is 2.87. The molecule has 3 N–H and O–H groups in total. The number of pyridine rings is 1. The van der Waals surface area contributed by atoms with Crippen molar-refractivity contribution in [3.63, 3.8) is 0 Å². The molecule has 36 heavy (non-hydrogen) atoms. The summed E-state index contributed by atoms with van der Waals surface area (Å²) in [5.74, 6) is -0.964. The van der Waals surface area contributed by atoms with Crippen LogP contribution in [0.5, 0.6) is 5.88 Å². The molecule has 0 saturated carbocycles. The maximum atomic E-state index is 13.5. The number of benzene rings is 3. The molecule has 0 saturated heterocycles. The third-order valence-electron chi connectivity index (χ3n) is 5.40. The molecule has 0 fully saturated rings. The number of nitrogens with zero attached hydrogens (tertiary/aromatic N) is 3. The van der Waals surface area contributed by atoms with E-state index in [1.807, 2.05) is 24.3 Å². The standard InChI is InChI=1S/C26H19F2N5O2S/c1-35-24-23(32-36-20-12-17(27)11-18(28)13-20)10-16(14-30-24)15-7-8-22-21(9-15)25(34)33(26(29)31-22)19-5-3-2-4-6-19/h2-14,32H,1H3,(H2,29,31). The Balaban J connectivity index is 1.53.